The van der Waals surface area contributed by atoms with Gasteiger partial charge in [-0.1, -0.05) is 12.1 Å². The minimum Gasteiger partial charge on any atom is -0.456 e. The Morgan fingerprint density at radius 2 is 1.88 bits per heavy atom. The molecule has 0 bridgehead atoms. The van der Waals surface area contributed by atoms with E-state index in [1.54, 1.807) is 26.8 Å². The van der Waals surface area contributed by atoms with Crippen LogP contribution in [0.1, 0.15) is 42.3 Å². The van der Waals surface area contributed by atoms with Crippen LogP contribution >= 0.6 is 0 Å². The fraction of sp³-hybridized carbons (Fsp3) is 0.286. The van der Waals surface area contributed by atoms with Crippen molar-refractivity contribution in [2.45, 2.75) is 26.4 Å². The van der Waals surface area contributed by atoms with Gasteiger partial charge in [0.05, 0.1) is 17.7 Å². The van der Waals surface area contributed by atoms with Gasteiger partial charge in [-0.2, -0.15) is 10.3 Å². The van der Waals surface area contributed by atoms with Gasteiger partial charge in [-0.05, 0) is 51.1 Å². The SMILES string of the molecule is CN1CCN=C1c1cccc(OC2=NC(Oc3ccc(C#N)c(C(=O)OC(C)(C)C)c3)=C3NC(=O)CN=C3N2)c1. The molecule has 0 saturated heterocycles. The monoisotopic (exact) mass is 541 g/mol. The second-order valence-electron chi connectivity index (χ2n) is 10.1. The Morgan fingerprint density at radius 1 is 1.07 bits per heavy atom. The van der Waals surface area contributed by atoms with Crippen LogP contribution in [0.2, 0.25) is 0 Å². The zero-order chi connectivity index (χ0) is 28.4. The molecular formula is C28H27N7O5. The van der Waals surface area contributed by atoms with Gasteiger partial charge in [0, 0.05) is 19.2 Å². The molecule has 12 nitrogen and oxygen atoms in total. The van der Waals surface area contributed by atoms with E-state index in [2.05, 4.69) is 30.5 Å². The van der Waals surface area contributed by atoms with Gasteiger partial charge in [0.2, 0.25) is 5.91 Å². The van der Waals surface area contributed by atoms with Gasteiger partial charge in [-0.25, -0.2) is 4.79 Å². The largest absolute Gasteiger partial charge is 0.456 e. The van der Waals surface area contributed by atoms with Crippen LogP contribution in [-0.2, 0) is 9.53 Å². The van der Waals surface area contributed by atoms with Gasteiger partial charge in [0.25, 0.3) is 5.88 Å². The zero-order valence-corrected chi connectivity index (χ0v) is 22.4. The molecule has 0 aromatic heterocycles. The number of nitrogens with zero attached hydrogens (tertiary/aromatic N) is 5. The number of amides is 1. The van der Waals surface area contributed by atoms with Gasteiger partial charge < -0.3 is 24.4 Å². The molecule has 0 saturated carbocycles. The minimum absolute atomic E-state index is 0.0172. The van der Waals surface area contributed by atoms with Gasteiger partial charge in [0.1, 0.15) is 41.2 Å². The molecule has 0 radical (unpaired) electrons. The van der Waals surface area contributed by atoms with Crippen LogP contribution in [0.25, 0.3) is 0 Å². The second-order valence-corrected chi connectivity index (χ2v) is 10.1. The van der Waals surface area contributed by atoms with E-state index < -0.39 is 11.6 Å². The van der Waals surface area contributed by atoms with E-state index in [-0.39, 0.29) is 46.9 Å². The van der Waals surface area contributed by atoms with Crippen molar-refractivity contribution in [3.63, 3.8) is 0 Å². The highest BCUT2D eigenvalue weighted by atomic mass is 16.6. The molecule has 40 heavy (non-hydrogen) atoms. The van der Waals surface area contributed by atoms with Crippen LogP contribution in [0.4, 0.5) is 0 Å². The predicted octanol–water partition coefficient (Wildman–Crippen LogP) is 2.32. The first-order valence-electron chi connectivity index (χ1n) is 12.5. The summed E-state index contributed by atoms with van der Waals surface area (Å²) in [4.78, 5) is 40.2. The third kappa shape index (κ3) is 5.78. The number of carbonyl (C=O) groups is 2. The summed E-state index contributed by atoms with van der Waals surface area (Å²) < 4.78 is 17.5. The van der Waals surface area contributed by atoms with Crippen LogP contribution in [0.15, 0.2) is 69.0 Å². The number of hydrogen-bond donors (Lipinski definition) is 2. The molecule has 1 amide bonds. The van der Waals surface area contributed by atoms with Crippen molar-refractivity contribution in [1.29, 1.82) is 5.26 Å². The van der Waals surface area contributed by atoms with Crippen LogP contribution < -0.4 is 20.1 Å². The fourth-order valence-electron chi connectivity index (χ4n) is 4.08. The van der Waals surface area contributed by atoms with Crippen molar-refractivity contribution in [2.75, 3.05) is 26.7 Å². The maximum atomic E-state index is 12.8. The number of benzene rings is 2. The maximum Gasteiger partial charge on any atom is 0.340 e. The van der Waals surface area contributed by atoms with Gasteiger partial charge in [-0.15, -0.1) is 0 Å². The Labute approximate surface area is 230 Å². The minimum atomic E-state index is -0.758. The third-order valence-corrected chi connectivity index (χ3v) is 5.83. The van der Waals surface area contributed by atoms with Crippen LogP contribution in [-0.4, -0.2) is 66.8 Å². The summed E-state index contributed by atoms with van der Waals surface area (Å²) in [6.07, 6.45) is 0. The number of ether oxygens (including phenoxy) is 3. The van der Waals surface area contributed by atoms with Crippen LogP contribution in [0.3, 0.4) is 0 Å². The summed E-state index contributed by atoms with van der Waals surface area (Å²) in [7, 11) is 1.98. The number of amidine groups is 3. The molecule has 3 aliphatic heterocycles. The molecule has 204 valence electrons. The number of aliphatic imine (C=N–C) groups is 3. The molecule has 0 spiro atoms. The van der Waals surface area contributed by atoms with Gasteiger partial charge in [-0.3, -0.25) is 20.1 Å². The molecule has 12 heteroatoms. The summed E-state index contributed by atoms with van der Waals surface area (Å²) in [6.45, 7) is 6.69. The van der Waals surface area contributed by atoms with E-state index in [0.29, 0.717) is 11.6 Å². The Balaban J connectivity index is 1.46. The lowest BCUT2D eigenvalue weighted by Gasteiger charge is -2.25. The molecule has 0 unspecified atom stereocenters. The summed E-state index contributed by atoms with van der Waals surface area (Å²) in [5.74, 6) is 0.834. The Kier molecular flexibility index (Phi) is 6.96. The molecule has 0 aliphatic carbocycles. The van der Waals surface area contributed by atoms with Crippen molar-refractivity contribution in [2.24, 2.45) is 15.0 Å². The first-order valence-corrected chi connectivity index (χ1v) is 12.5. The Bertz CT molecular complexity index is 1560. The first-order chi connectivity index (χ1) is 19.1. The molecule has 3 aliphatic rings. The van der Waals surface area contributed by atoms with Gasteiger partial charge >= 0.3 is 12.0 Å². The van der Waals surface area contributed by atoms with Crippen LogP contribution in [0.5, 0.6) is 11.5 Å². The number of rotatable bonds is 5. The number of nitriles is 1. The smallest absolute Gasteiger partial charge is 0.340 e. The van der Waals surface area contributed by atoms with Crippen LogP contribution in [0, 0.1) is 11.3 Å². The lowest BCUT2D eigenvalue weighted by molar-refractivity contribution is -0.119. The predicted molar refractivity (Wildman–Crippen MR) is 146 cm³/mol. The number of fused-ring (bicyclic) bond motifs is 1. The third-order valence-electron chi connectivity index (χ3n) is 5.83. The maximum absolute atomic E-state index is 12.8. The number of nitrogens with one attached hydrogen (secondary N) is 2. The number of likely N-dealkylation sites (N-methyl/N-ethyl adjacent to an activating group) is 1. The van der Waals surface area contributed by atoms with Crippen molar-refractivity contribution < 1.29 is 23.8 Å². The van der Waals surface area contributed by atoms with E-state index in [1.807, 2.05) is 31.3 Å². The summed E-state index contributed by atoms with van der Waals surface area (Å²) >= 11 is 0. The molecule has 0 atom stereocenters. The first kappa shape index (κ1) is 26.4. The lowest BCUT2D eigenvalue weighted by Crippen LogP contribution is -2.48. The second kappa shape index (κ2) is 10.5. The summed E-state index contributed by atoms with van der Waals surface area (Å²) in [5.41, 5.74) is 0.514. The lowest BCUT2D eigenvalue weighted by atomic mass is 10.1. The summed E-state index contributed by atoms with van der Waals surface area (Å²) in [5, 5.41) is 15.2. The van der Waals surface area contributed by atoms with Crippen molar-refractivity contribution >= 4 is 29.6 Å². The zero-order valence-electron chi connectivity index (χ0n) is 22.4. The molecule has 5 rings (SSSR count). The molecule has 0 fully saturated rings. The topological polar surface area (TPSA) is 150 Å². The number of carbonyl (C=O) groups excluding carboxylic acids is 2. The van der Waals surface area contributed by atoms with E-state index in [0.717, 1.165) is 24.5 Å². The fourth-order valence-corrected chi connectivity index (χ4v) is 4.08. The normalized spacial score (nSPS) is 16.5. The van der Waals surface area contributed by atoms with E-state index >= 15 is 0 Å². The Morgan fingerprint density at radius 3 is 2.60 bits per heavy atom. The number of esters is 1. The van der Waals surface area contributed by atoms with Crippen molar-refractivity contribution in [3.05, 3.63) is 70.7 Å². The molecule has 2 N–H and O–H groups in total. The number of hydrogen-bond acceptors (Lipinski definition) is 11. The average Bonchev–Trinajstić information content (AvgIpc) is 3.34. The van der Waals surface area contributed by atoms with E-state index in [4.69, 9.17) is 14.2 Å². The van der Waals surface area contributed by atoms with Crippen molar-refractivity contribution in [1.82, 2.24) is 15.5 Å². The van der Waals surface area contributed by atoms with Gasteiger partial charge in [0.15, 0.2) is 5.84 Å². The molecule has 3 heterocycles. The highest BCUT2D eigenvalue weighted by molar-refractivity contribution is 6.13. The van der Waals surface area contributed by atoms with Crippen molar-refractivity contribution in [3.8, 4) is 17.6 Å². The average molecular weight is 542 g/mol. The van der Waals surface area contributed by atoms with E-state index in [1.165, 1.54) is 18.2 Å². The standard InChI is InChI=1S/C28H27N7O5/c1-28(2,3)40-26(37)20-13-19(9-8-17(20)14-29)38-25-22-23(31-15-21(36)32-22)33-27(34-25)39-18-7-5-6-16(12-18)24-30-10-11-35(24)4/h5-9,12-13H,10-11,15H2,1-4H3,(H,32,36)(H,31,33,34). The quantitative estimate of drug-likeness (QED) is 0.548. The highest BCUT2D eigenvalue weighted by Gasteiger charge is 2.29. The molecule has 2 aromatic rings. The summed E-state index contributed by atoms with van der Waals surface area (Å²) in [6, 6.07) is 13.8. The highest BCUT2D eigenvalue weighted by Crippen LogP contribution is 2.25. The Hall–Kier alpha value is -5.18. The molecule has 2 aromatic carbocycles. The molecular weight excluding hydrogens is 514 g/mol. The van der Waals surface area contributed by atoms with E-state index in [9.17, 15) is 14.9 Å².